The second-order valence-corrected chi connectivity index (χ2v) is 13.3. The number of esters is 1. The van der Waals surface area contributed by atoms with Gasteiger partial charge in [0.15, 0.2) is 0 Å². The Balaban J connectivity index is 1.28. The number of alkyl halides is 3. The number of carbonyl (C=O) groups is 1. The molecule has 0 N–H and O–H groups in total. The highest BCUT2D eigenvalue weighted by Gasteiger charge is 2.51. The van der Waals surface area contributed by atoms with Crippen molar-refractivity contribution in [2.45, 2.75) is 71.8 Å². The fraction of sp³-hybridized carbons (Fsp3) is 0.767. The molecule has 1 saturated heterocycles. The summed E-state index contributed by atoms with van der Waals surface area (Å²) in [5.74, 6) is 1.16. The molecule has 6 rings (SSSR count). The van der Waals surface area contributed by atoms with Gasteiger partial charge in [-0.3, -0.25) is 4.90 Å². The first-order valence-electron chi connectivity index (χ1n) is 14.4. The van der Waals surface area contributed by atoms with Gasteiger partial charge in [0.25, 0.3) is 0 Å². The van der Waals surface area contributed by atoms with Gasteiger partial charge in [-0.15, -0.1) is 0 Å². The topological polar surface area (TPSA) is 57.2 Å². The first kappa shape index (κ1) is 28.7. The Labute approximate surface area is 229 Å². The van der Waals surface area contributed by atoms with Gasteiger partial charge in [-0.05, 0) is 79.9 Å². The van der Waals surface area contributed by atoms with Crippen molar-refractivity contribution in [3.05, 3.63) is 29.3 Å². The minimum atomic E-state index is -4.64. The van der Waals surface area contributed by atoms with Crippen LogP contribution in [0.1, 0.15) is 75.2 Å². The van der Waals surface area contributed by atoms with Gasteiger partial charge in [0.05, 0.1) is 30.9 Å². The minimum absolute atomic E-state index is 0.0220. The molecule has 218 valence electrons. The Morgan fingerprint density at radius 3 is 2.23 bits per heavy atom. The number of hydrogen-bond donors (Lipinski definition) is 0. The van der Waals surface area contributed by atoms with Crippen molar-refractivity contribution in [3.63, 3.8) is 0 Å². The van der Waals surface area contributed by atoms with E-state index in [1.807, 2.05) is 20.8 Å². The van der Waals surface area contributed by atoms with Crippen molar-refractivity contribution in [2.24, 2.45) is 28.6 Å². The predicted molar refractivity (Wildman–Crippen MR) is 139 cm³/mol. The van der Waals surface area contributed by atoms with E-state index in [4.69, 9.17) is 18.9 Å². The van der Waals surface area contributed by atoms with Gasteiger partial charge >= 0.3 is 12.1 Å². The smallest absolute Gasteiger partial charge is 0.419 e. The van der Waals surface area contributed by atoms with Crippen molar-refractivity contribution in [2.75, 3.05) is 46.1 Å². The number of morpholine rings is 1. The van der Waals surface area contributed by atoms with E-state index in [2.05, 4.69) is 4.90 Å². The van der Waals surface area contributed by atoms with Crippen LogP contribution in [0.5, 0.6) is 5.75 Å². The molecule has 1 heterocycles. The van der Waals surface area contributed by atoms with E-state index in [0.717, 1.165) is 68.3 Å². The Kier molecular flexibility index (Phi) is 8.24. The summed E-state index contributed by atoms with van der Waals surface area (Å²) in [6.45, 7) is 9.65. The number of ether oxygens (including phenoxy) is 4. The van der Waals surface area contributed by atoms with Crippen molar-refractivity contribution in [3.8, 4) is 5.75 Å². The fourth-order valence-electron chi connectivity index (χ4n) is 7.45. The largest absolute Gasteiger partial charge is 0.464 e. The first-order valence-corrected chi connectivity index (χ1v) is 14.4. The monoisotopic (exact) mass is 553 g/mol. The molecule has 5 aliphatic rings. The summed E-state index contributed by atoms with van der Waals surface area (Å²) in [6, 6.07) is 3.19. The summed E-state index contributed by atoms with van der Waals surface area (Å²) in [6.07, 6.45) is 1.78. The van der Waals surface area contributed by atoms with Crippen molar-refractivity contribution in [1.29, 1.82) is 0 Å². The third-order valence-electron chi connectivity index (χ3n) is 8.91. The summed E-state index contributed by atoms with van der Waals surface area (Å²) in [7, 11) is 0. The number of rotatable bonds is 9. The molecular formula is C30H42F3NO5. The average molecular weight is 554 g/mol. The number of benzene rings is 1. The van der Waals surface area contributed by atoms with E-state index < -0.39 is 35.2 Å². The molecule has 4 saturated carbocycles. The van der Waals surface area contributed by atoms with Crippen LogP contribution in [0.4, 0.5) is 13.2 Å². The molecule has 4 aliphatic carbocycles. The molecule has 1 aromatic carbocycles. The van der Waals surface area contributed by atoms with Gasteiger partial charge < -0.3 is 18.9 Å². The molecule has 0 amide bonds. The maximum absolute atomic E-state index is 14.0. The second-order valence-electron chi connectivity index (χ2n) is 13.3. The van der Waals surface area contributed by atoms with Crippen molar-refractivity contribution < 1.29 is 36.9 Å². The molecule has 5 fully saturated rings. The van der Waals surface area contributed by atoms with Gasteiger partial charge in [0.1, 0.15) is 12.4 Å². The molecule has 0 aromatic heterocycles. The molecule has 1 aromatic rings. The highest BCUT2D eigenvalue weighted by Crippen LogP contribution is 2.60. The molecule has 39 heavy (non-hydrogen) atoms. The summed E-state index contributed by atoms with van der Waals surface area (Å²) in [4.78, 5) is 14.9. The molecule has 4 bridgehead atoms. The molecule has 6 nitrogen and oxygen atoms in total. The van der Waals surface area contributed by atoms with Crippen LogP contribution in [-0.2, 0) is 20.4 Å². The van der Waals surface area contributed by atoms with Crippen LogP contribution in [0, 0.1) is 28.6 Å². The molecular weight excluding hydrogens is 511 g/mol. The van der Waals surface area contributed by atoms with E-state index in [-0.39, 0.29) is 17.6 Å². The number of hydrogen-bond acceptors (Lipinski definition) is 6. The van der Waals surface area contributed by atoms with E-state index in [1.54, 1.807) is 0 Å². The maximum atomic E-state index is 14.0. The zero-order valence-electron chi connectivity index (χ0n) is 23.4. The third kappa shape index (κ3) is 6.91. The lowest BCUT2D eigenvalue weighted by Crippen LogP contribution is -2.49. The first-order chi connectivity index (χ1) is 18.4. The lowest BCUT2D eigenvalue weighted by Gasteiger charge is -2.57. The van der Waals surface area contributed by atoms with Crippen LogP contribution in [0.2, 0.25) is 0 Å². The van der Waals surface area contributed by atoms with E-state index in [1.165, 1.54) is 19.3 Å². The number of carbonyl (C=O) groups excluding carboxylic acids is 1. The Hall–Kier alpha value is -1.84. The summed E-state index contributed by atoms with van der Waals surface area (Å²) < 4.78 is 65.0. The zero-order chi connectivity index (χ0) is 27.8. The van der Waals surface area contributed by atoms with Gasteiger partial charge in [-0.1, -0.05) is 20.8 Å². The van der Waals surface area contributed by atoms with Gasteiger partial charge in [0.2, 0.25) is 6.29 Å². The predicted octanol–water partition coefficient (Wildman–Crippen LogP) is 6.18. The molecule has 1 unspecified atom stereocenters. The van der Waals surface area contributed by atoms with Gasteiger partial charge in [0, 0.05) is 25.0 Å². The minimum Gasteiger partial charge on any atom is -0.464 e. The van der Waals surface area contributed by atoms with E-state index in [0.29, 0.717) is 26.4 Å². The fourth-order valence-corrected chi connectivity index (χ4v) is 7.45. The molecule has 0 radical (unpaired) electrons. The summed E-state index contributed by atoms with van der Waals surface area (Å²) >= 11 is 0. The maximum Gasteiger partial charge on any atom is 0.419 e. The molecule has 1 atom stereocenters. The lowest BCUT2D eigenvalue weighted by atomic mass is 9.50. The molecule has 0 spiro atoms. The van der Waals surface area contributed by atoms with E-state index in [9.17, 15) is 18.0 Å². The molecule has 9 heteroatoms. The van der Waals surface area contributed by atoms with E-state index >= 15 is 0 Å². The Morgan fingerprint density at radius 1 is 1.05 bits per heavy atom. The lowest BCUT2D eigenvalue weighted by molar-refractivity contribution is -0.190. The van der Waals surface area contributed by atoms with Crippen molar-refractivity contribution >= 4 is 5.97 Å². The second kappa shape index (κ2) is 11.2. The molecule has 1 aliphatic heterocycles. The Morgan fingerprint density at radius 2 is 1.67 bits per heavy atom. The van der Waals surface area contributed by atoms with Crippen molar-refractivity contribution in [1.82, 2.24) is 4.90 Å². The van der Waals surface area contributed by atoms with Crippen LogP contribution in [0.15, 0.2) is 18.2 Å². The zero-order valence-corrected chi connectivity index (χ0v) is 23.4. The standard InChI is InChI=1S/C30H42F3NO5/c1-28(2,3)27(38-19-29-16-20-12-21(17-29)14-22(13-20)18-29)39-25-15-23(4-5-24(25)30(31,32)33)26(35)37-11-8-34-6-9-36-10-7-34/h4-5,15,20-22,27H,6-14,16-19H2,1-3H3. The van der Waals surface area contributed by atoms with Crippen LogP contribution >= 0.6 is 0 Å². The van der Waals surface area contributed by atoms with Crippen LogP contribution in [-0.4, -0.2) is 63.2 Å². The summed E-state index contributed by atoms with van der Waals surface area (Å²) in [5, 5.41) is 0. The van der Waals surface area contributed by atoms with Crippen LogP contribution in [0.25, 0.3) is 0 Å². The number of halogens is 3. The normalized spacial score (nSPS) is 29.8. The highest BCUT2D eigenvalue weighted by molar-refractivity contribution is 5.90. The highest BCUT2D eigenvalue weighted by atomic mass is 19.4. The van der Waals surface area contributed by atoms with Gasteiger partial charge in [-0.25, -0.2) is 4.79 Å². The summed E-state index contributed by atoms with van der Waals surface area (Å²) in [5.41, 5.74) is -1.39. The average Bonchev–Trinajstić information content (AvgIpc) is 2.85. The van der Waals surface area contributed by atoms with Gasteiger partial charge in [-0.2, -0.15) is 13.2 Å². The Bertz CT molecular complexity index is 980. The number of nitrogens with zero attached hydrogens (tertiary/aromatic N) is 1. The SMILES string of the molecule is CC(C)(C)C(OCC12CC3CC(CC(C3)C1)C2)Oc1cc(C(=O)OCCN2CCOCC2)ccc1C(F)(F)F. The quantitative estimate of drug-likeness (QED) is 0.269. The third-order valence-corrected chi connectivity index (χ3v) is 8.91. The van der Waals surface area contributed by atoms with Crippen LogP contribution in [0.3, 0.4) is 0 Å². The van der Waals surface area contributed by atoms with Crippen LogP contribution < -0.4 is 4.74 Å².